The maximum absolute atomic E-state index is 12.0. The van der Waals surface area contributed by atoms with Crippen LogP contribution in [0.1, 0.15) is 19.4 Å². The summed E-state index contributed by atoms with van der Waals surface area (Å²) in [4.78, 5) is -0.726. The van der Waals surface area contributed by atoms with Crippen LogP contribution in [-0.4, -0.2) is 13.9 Å². The Morgan fingerprint density at radius 3 is 1.69 bits per heavy atom. The minimum atomic E-state index is -5.23. The third kappa shape index (κ3) is 3.23. The molecule has 0 aliphatic heterocycles. The Morgan fingerprint density at radius 1 is 1.00 bits per heavy atom. The largest absolute Gasteiger partial charge is 0.501 e. The molecule has 0 aliphatic rings. The van der Waals surface area contributed by atoms with Crippen LogP contribution in [0.4, 0.5) is 13.2 Å². The molecule has 0 amide bonds. The lowest BCUT2D eigenvalue weighted by molar-refractivity contribution is -0.0436. The smallest absolute Gasteiger partial charge is 0.214 e. The molecule has 0 fully saturated rings. The molecule has 0 aromatic heterocycles. The summed E-state index contributed by atoms with van der Waals surface area (Å²) in [6, 6.07) is 4.52. The molecule has 0 N–H and O–H groups in total. The van der Waals surface area contributed by atoms with Gasteiger partial charge in [-0.25, -0.2) is 8.42 Å². The predicted octanol–water partition coefficient (Wildman–Crippen LogP) is 3.31. The summed E-state index contributed by atoms with van der Waals surface area (Å²) in [6.45, 7) is 5.66. The van der Waals surface area contributed by atoms with Crippen molar-refractivity contribution in [2.45, 2.75) is 31.2 Å². The standard InChI is InChI=1S/C8H7F3O2S.C2H6/c1-6-2-4-7(5-3-6)14(12,13)8(9,10)11;1-2/h2-5H,1H3;1-2H3. The quantitative estimate of drug-likeness (QED) is 0.770. The van der Waals surface area contributed by atoms with Gasteiger partial charge >= 0.3 is 5.51 Å². The van der Waals surface area contributed by atoms with Crippen molar-refractivity contribution in [1.82, 2.24) is 0 Å². The number of halogens is 3. The number of hydrogen-bond acceptors (Lipinski definition) is 2. The van der Waals surface area contributed by atoms with Crippen LogP contribution < -0.4 is 0 Å². The van der Waals surface area contributed by atoms with Gasteiger partial charge in [0.25, 0.3) is 9.84 Å². The lowest BCUT2D eigenvalue weighted by atomic mass is 10.2. The molecule has 0 spiro atoms. The third-order valence-electron chi connectivity index (χ3n) is 1.64. The van der Waals surface area contributed by atoms with Crippen molar-refractivity contribution in [2.24, 2.45) is 0 Å². The number of aryl methyl sites for hydroxylation is 1. The van der Waals surface area contributed by atoms with E-state index in [0.717, 1.165) is 12.1 Å². The first-order chi connectivity index (χ1) is 7.25. The molecule has 0 saturated carbocycles. The summed E-state index contributed by atoms with van der Waals surface area (Å²) in [5.41, 5.74) is -4.53. The van der Waals surface area contributed by atoms with Crippen LogP contribution in [0.2, 0.25) is 0 Å². The van der Waals surface area contributed by atoms with Gasteiger partial charge in [-0.1, -0.05) is 31.5 Å². The molecule has 1 aromatic rings. The van der Waals surface area contributed by atoms with Gasteiger partial charge in [0.1, 0.15) is 0 Å². The maximum Gasteiger partial charge on any atom is 0.501 e. The zero-order valence-electron chi connectivity index (χ0n) is 9.17. The molecule has 6 heteroatoms. The van der Waals surface area contributed by atoms with E-state index in [4.69, 9.17) is 0 Å². The van der Waals surface area contributed by atoms with Crippen LogP contribution in [0.25, 0.3) is 0 Å². The minimum absolute atomic E-state index is 0.700. The Bertz CT molecular complexity index is 418. The van der Waals surface area contributed by atoms with Gasteiger partial charge in [0.15, 0.2) is 0 Å². The van der Waals surface area contributed by atoms with E-state index in [-0.39, 0.29) is 0 Å². The molecule has 0 radical (unpaired) electrons. The van der Waals surface area contributed by atoms with E-state index < -0.39 is 20.2 Å². The molecule has 0 bridgehead atoms. The second-order valence-electron chi connectivity index (χ2n) is 2.76. The van der Waals surface area contributed by atoms with E-state index >= 15 is 0 Å². The number of alkyl halides is 3. The van der Waals surface area contributed by atoms with E-state index in [1.54, 1.807) is 6.92 Å². The monoisotopic (exact) mass is 254 g/mol. The molecular weight excluding hydrogens is 241 g/mol. The molecule has 0 heterocycles. The van der Waals surface area contributed by atoms with Crippen LogP contribution in [-0.2, 0) is 9.84 Å². The fourth-order valence-electron chi connectivity index (χ4n) is 0.851. The Labute approximate surface area is 93.0 Å². The van der Waals surface area contributed by atoms with E-state index in [2.05, 4.69) is 0 Å². The van der Waals surface area contributed by atoms with E-state index in [9.17, 15) is 21.6 Å². The van der Waals surface area contributed by atoms with Crippen LogP contribution in [0.15, 0.2) is 29.2 Å². The lowest BCUT2D eigenvalue weighted by Crippen LogP contribution is -2.23. The Morgan fingerprint density at radius 2 is 1.38 bits per heavy atom. The number of hydrogen-bond donors (Lipinski definition) is 0. The summed E-state index contributed by atoms with van der Waals surface area (Å²) in [5, 5.41) is 0. The average molecular weight is 254 g/mol. The highest BCUT2D eigenvalue weighted by Crippen LogP contribution is 2.29. The average Bonchev–Trinajstić information content (AvgIpc) is 2.20. The maximum atomic E-state index is 12.0. The molecule has 0 saturated heterocycles. The highest BCUT2D eigenvalue weighted by Gasteiger charge is 2.46. The third-order valence-corrected chi connectivity index (χ3v) is 3.14. The zero-order valence-corrected chi connectivity index (χ0v) is 9.98. The molecule has 1 rings (SSSR count). The van der Waals surface area contributed by atoms with Crippen LogP contribution in [0.3, 0.4) is 0 Å². The minimum Gasteiger partial charge on any atom is -0.214 e. The topological polar surface area (TPSA) is 34.1 Å². The number of sulfone groups is 1. The molecular formula is C10H13F3O2S. The molecule has 92 valence electrons. The molecule has 0 atom stereocenters. The van der Waals surface area contributed by atoms with E-state index in [0.29, 0.717) is 5.56 Å². The van der Waals surface area contributed by atoms with Gasteiger partial charge in [-0.3, -0.25) is 0 Å². The van der Waals surface area contributed by atoms with Gasteiger partial charge in [-0.15, -0.1) is 0 Å². The van der Waals surface area contributed by atoms with Gasteiger partial charge in [0, 0.05) is 0 Å². The fourth-order valence-corrected chi connectivity index (χ4v) is 1.61. The highest BCUT2D eigenvalue weighted by atomic mass is 32.2. The first-order valence-corrected chi connectivity index (χ1v) is 6.11. The van der Waals surface area contributed by atoms with Crippen molar-refractivity contribution in [3.8, 4) is 0 Å². The molecule has 0 aliphatic carbocycles. The SMILES string of the molecule is CC.Cc1ccc(S(=O)(=O)C(F)(F)F)cc1. The number of benzene rings is 1. The van der Waals surface area contributed by atoms with Crippen LogP contribution >= 0.6 is 0 Å². The van der Waals surface area contributed by atoms with Crippen LogP contribution in [0, 0.1) is 6.92 Å². The van der Waals surface area contributed by atoms with Crippen molar-refractivity contribution in [2.75, 3.05) is 0 Å². The summed E-state index contributed by atoms with van der Waals surface area (Å²) in [5.74, 6) is 0. The predicted molar refractivity (Wildman–Crippen MR) is 55.8 cm³/mol. The molecule has 2 nitrogen and oxygen atoms in total. The van der Waals surface area contributed by atoms with Crippen molar-refractivity contribution in [1.29, 1.82) is 0 Å². The van der Waals surface area contributed by atoms with Crippen molar-refractivity contribution in [3.05, 3.63) is 29.8 Å². The highest BCUT2D eigenvalue weighted by molar-refractivity contribution is 7.92. The number of rotatable bonds is 1. The van der Waals surface area contributed by atoms with Crippen LogP contribution in [0.5, 0.6) is 0 Å². The second-order valence-corrected chi connectivity index (χ2v) is 4.70. The molecule has 0 unspecified atom stereocenters. The summed E-state index contributed by atoms with van der Waals surface area (Å²) >= 11 is 0. The molecule has 1 aromatic carbocycles. The van der Waals surface area contributed by atoms with E-state index in [1.807, 2.05) is 13.8 Å². The van der Waals surface area contributed by atoms with Crippen molar-refractivity contribution < 1.29 is 21.6 Å². The Kier molecular flexibility index (Phi) is 4.99. The van der Waals surface area contributed by atoms with Gasteiger partial charge in [-0.05, 0) is 19.1 Å². The summed E-state index contributed by atoms with van der Waals surface area (Å²) in [7, 11) is -5.19. The fraction of sp³-hybridized carbons (Fsp3) is 0.400. The first-order valence-electron chi connectivity index (χ1n) is 4.63. The first kappa shape index (κ1) is 15.0. The van der Waals surface area contributed by atoms with Gasteiger partial charge in [0.2, 0.25) is 0 Å². The zero-order chi connectivity index (χ0) is 13.0. The van der Waals surface area contributed by atoms with Crippen molar-refractivity contribution >= 4 is 9.84 Å². The Balaban J connectivity index is 0.00000106. The van der Waals surface area contributed by atoms with E-state index in [1.165, 1.54) is 12.1 Å². The normalized spacial score (nSPS) is 11.6. The van der Waals surface area contributed by atoms with Crippen molar-refractivity contribution in [3.63, 3.8) is 0 Å². The van der Waals surface area contributed by atoms with Gasteiger partial charge in [-0.2, -0.15) is 13.2 Å². The lowest BCUT2D eigenvalue weighted by Gasteiger charge is -2.07. The Hall–Kier alpha value is -1.04. The molecule has 16 heavy (non-hydrogen) atoms. The summed E-state index contributed by atoms with van der Waals surface area (Å²) < 4.78 is 57.8. The van der Waals surface area contributed by atoms with Gasteiger partial charge < -0.3 is 0 Å². The second kappa shape index (κ2) is 5.34. The van der Waals surface area contributed by atoms with Gasteiger partial charge in [0.05, 0.1) is 4.90 Å². The summed E-state index contributed by atoms with van der Waals surface area (Å²) in [6.07, 6.45) is 0.